The molecule has 0 saturated carbocycles. The quantitative estimate of drug-likeness (QED) is 0.736. The minimum absolute atomic E-state index is 0.154. The molecule has 0 aromatic heterocycles. The molecule has 0 aliphatic carbocycles. The molecule has 0 unspecified atom stereocenters. The maximum Gasteiger partial charge on any atom is 0.125 e. The van der Waals surface area contributed by atoms with E-state index in [2.05, 4.69) is 28.7 Å². The lowest BCUT2D eigenvalue weighted by molar-refractivity contribution is 0.268. The number of rotatable bonds is 0. The Morgan fingerprint density at radius 1 is 1.50 bits per heavy atom. The number of benzene rings is 1. The van der Waals surface area contributed by atoms with Gasteiger partial charge in [-0.1, -0.05) is 6.07 Å². The first-order valence-electron chi connectivity index (χ1n) is 3.96. The maximum absolute atomic E-state index is 5.96. The lowest BCUT2D eigenvalue weighted by Crippen LogP contribution is -2.21. The summed E-state index contributed by atoms with van der Waals surface area (Å²) in [7, 11) is 0. The average molecular weight is 275 g/mol. The second kappa shape index (κ2) is 3.22. The van der Waals surface area contributed by atoms with Gasteiger partial charge >= 0.3 is 0 Å². The van der Waals surface area contributed by atoms with Gasteiger partial charge in [0, 0.05) is 21.6 Å². The second-order valence-corrected chi connectivity index (χ2v) is 4.06. The van der Waals surface area contributed by atoms with Gasteiger partial charge in [-0.25, -0.2) is 0 Å². The zero-order valence-corrected chi connectivity index (χ0v) is 8.74. The molecule has 0 bridgehead atoms. The number of fused-ring (bicyclic) bond motifs is 1. The first-order valence-corrected chi connectivity index (χ1v) is 5.03. The zero-order chi connectivity index (χ0) is 8.55. The van der Waals surface area contributed by atoms with Crippen molar-refractivity contribution in [1.29, 1.82) is 0 Å². The van der Waals surface area contributed by atoms with Gasteiger partial charge in [-0.2, -0.15) is 0 Å². The van der Waals surface area contributed by atoms with E-state index in [1.807, 2.05) is 12.1 Å². The van der Waals surface area contributed by atoms with E-state index in [-0.39, 0.29) is 6.04 Å². The van der Waals surface area contributed by atoms with Crippen molar-refractivity contribution in [1.82, 2.24) is 0 Å². The highest BCUT2D eigenvalue weighted by molar-refractivity contribution is 14.1. The Bertz CT molecular complexity index is 301. The fraction of sp³-hybridized carbons (Fsp3) is 0.333. The van der Waals surface area contributed by atoms with Crippen molar-refractivity contribution >= 4 is 22.6 Å². The highest BCUT2D eigenvalue weighted by Crippen LogP contribution is 2.33. The molecule has 0 saturated heterocycles. The van der Waals surface area contributed by atoms with Crippen LogP contribution in [0.2, 0.25) is 0 Å². The summed E-state index contributed by atoms with van der Waals surface area (Å²) in [5.74, 6) is 0.959. The molecule has 2 rings (SSSR count). The zero-order valence-electron chi connectivity index (χ0n) is 6.59. The Labute approximate surface area is 85.2 Å². The van der Waals surface area contributed by atoms with Crippen molar-refractivity contribution in [3.05, 3.63) is 27.3 Å². The Balaban J connectivity index is 2.53. The molecule has 1 aliphatic heterocycles. The lowest BCUT2D eigenvalue weighted by Gasteiger charge is -2.23. The number of hydrogen-bond acceptors (Lipinski definition) is 2. The Hall–Kier alpha value is -0.290. The summed E-state index contributed by atoms with van der Waals surface area (Å²) in [6.45, 7) is 0.744. The van der Waals surface area contributed by atoms with Gasteiger partial charge in [0.25, 0.3) is 0 Å². The van der Waals surface area contributed by atoms with Crippen LogP contribution in [0.4, 0.5) is 0 Å². The van der Waals surface area contributed by atoms with E-state index >= 15 is 0 Å². The predicted octanol–water partition coefficient (Wildman–Crippen LogP) is 2.07. The van der Waals surface area contributed by atoms with Crippen molar-refractivity contribution < 1.29 is 4.74 Å². The third kappa shape index (κ3) is 1.31. The van der Waals surface area contributed by atoms with Crippen LogP contribution in [0.15, 0.2) is 18.2 Å². The van der Waals surface area contributed by atoms with Gasteiger partial charge < -0.3 is 10.5 Å². The number of nitrogens with two attached hydrogens (primary N) is 1. The molecule has 1 atom stereocenters. The van der Waals surface area contributed by atoms with Crippen LogP contribution in [0.3, 0.4) is 0 Å². The molecule has 64 valence electrons. The number of halogens is 1. The second-order valence-electron chi connectivity index (χ2n) is 2.90. The summed E-state index contributed by atoms with van der Waals surface area (Å²) in [5, 5.41) is 0. The summed E-state index contributed by atoms with van der Waals surface area (Å²) in [5.41, 5.74) is 7.13. The highest BCUT2D eigenvalue weighted by Gasteiger charge is 2.19. The van der Waals surface area contributed by atoms with E-state index in [0.717, 1.165) is 18.8 Å². The fourth-order valence-corrected chi connectivity index (χ4v) is 2.32. The Morgan fingerprint density at radius 2 is 2.33 bits per heavy atom. The average Bonchev–Trinajstić information content (AvgIpc) is 2.04. The van der Waals surface area contributed by atoms with Crippen molar-refractivity contribution in [2.45, 2.75) is 12.5 Å². The van der Waals surface area contributed by atoms with Gasteiger partial charge in [-0.3, -0.25) is 0 Å². The first kappa shape index (κ1) is 8.31. The van der Waals surface area contributed by atoms with Crippen molar-refractivity contribution in [3.8, 4) is 5.75 Å². The van der Waals surface area contributed by atoms with Gasteiger partial charge in [0.2, 0.25) is 0 Å². The van der Waals surface area contributed by atoms with E-state index < -0.39 is 0 Å². The van der Waals surface area contributed by atoms with E-state index in [0.29, 0.717) is 0 Å². The van der Waals surface area contributed by atoms with Crippen molar-refractivity contribution in [2.24, 2.45) is 5.73 Å². The molecule has 0 radical (unpaired) electrons. The molecule has 0 fully saturated rings. The molecule has 1 heterocycles. The van der Waals surface area contributed by atoms with Crippen LogP contribution in [0.25, 0.3) is 0 Å². The van der Waals surface area contributed by atoms with Crippen LogP contribution in [0.1, 0.15) is 18.0 Å². The summed E-state index contributed by atoms with van der Waals surface area (Å²) in [6, 6.07) is 6.20. The summed E-state index contributed by atoms with van der Waals surface area (Å²) in [6.07, 6.45) is 0.924. The fourth-order valence-electron chi connectivity index (χ4n) is 1.44. The van der Waals surface area contributed by atoms with Gasteiger partial charge in [-0.15, -0.1) is 0 Å². The van der Waals surface area contributed by atoms with Gasteiger partial charge in [0.1, 0.15) is 5.75 Å². The van der Waals surface area contributed by atoms with Gasteiger partial charge in [-0.05, 0) is 34.7 Å². The van der Waals surface area contributed by atoms with Crippen LogP contribution in [0.5, 0.6) is 5.75 Å². The molecular weight excluding hydrogens is 265 g/mol. The van der Waals surface area contributed by atoms with Crippen LogP contribution < -0.4 is 10.5 Å². The molecule has 1 aromatic carbocycles. The van der Waals surface area contributed by atoms with E-state index in [4.69, 9.17) is 10.5 Å². The van der Waals surface area contributed by atoms with E-state index in [1.165, 1.54) is 9.13 Å². The third-order valence-electron chi connectivity index (χ3n) is 2.07. The molecule has 3 heteroatoms. The minimum Gasteiger partial charge on any atom is -0.493 e. The normalized spacial score (nSPS) is 21.3. The van der Waals surface area contributed by atoms with Gasteiger partial charge in [0.15, 0.2) is 0 Å². The summed E-state index contributed by atoms with van der Waals surface area (Å²) < 4.78 is 6.70. The van der Waals surface area contributed by atoms with Crippen LogP contribution >= 0.6 is 22.6 Å². The highest BCUT2D eigenvalue weighted by atomic mass is 127. The molecular formula is C9H10INO. The topological polar surface area (TPSA) is 35.2 Å². The molecule has 1 aliphatic rings. The lowest BCUT2D eigenvalue weighted by atomic mass is 10.0. The standard InChI is InChI=1S/C9H10INO/c10-6-2-1-3-8-9(6)7(11)4-5-12-8/h1-3,7H,4-5,11H2/t7-/m0/s1. The molecule has 2 nitrogen and oxygen atoms in total. The summed E-state index contributed by atoms with van der Waals surface area (Å²) in [4.78, 5) is 0. The smallest absolute Gasteiger partial charge is 0.125 e. The number of ether oxygens (including phenoxy) is 1. The van der Waals surface area contributed by atoms with Crippen LogP contribution in [-0.2, 0) is 0 Å². The van der Waals surface area contributed by atoms with E-state index in [1.54, 1.807) is 0 Å². The minimum atomic E-state index is 0.154. The van der Waals surface area contributed by atoms with Crippen LogP contribution in [-0.4, -0.2) is 6.61 Å². The van der Waals surface area contributed by atoms with Crippen LogP contribution in [0, 0.1) is 3.57 Å². The molecule has 0 amide bonds. The Kier molecular flexibility index (Phi) is 2.23. The van der Waals surface area contributed by atoms with Gasteiger partial charge in [0.05, 0.1) is 6.61 Å². The predicted molar refractivity (Wildman–Crippen MR) is 56.2 cm³/mol. The Morgan fingerprint density at radius 3 is 3.08 bits per heavy atom. The first-order chi connectivity index (χ1) is 5.79. The third-order valence-corrected chi connectivity index (χ3v) is 3.01. The largest absolute Gasteiger partial charge is 0.493 e. The molecule has 12 heavy (non-hydrogen) atoms. The monoisotopic (exact) mass is 275 g/mol. The summed E-state index contributed by atoms with van der Waals surface area (Å²) >= 11 is 2.30. The SMILES string of the molecule is N[C@H]1CCOc2cccc(I)c21. The molecule has 0 spiro atoms. The van der Waals surface area contributed by atoms with Crippen molar-refractivity contribution in [3.63, 3.8) is 0 Å². The van der Waals surface area contributed by atoms with Crippen molar-refractivity contribution in [2.75, 3.05) is 6.61 Å². The maximum atomic E-state index is 5.96. The molecule has 2 N–H and O–H groups in total. The molecule has 1 aromatic rings. The number of hydrogen-bond donors (Lipinski definition) is 1. The van der Waals surface area contributed by atoms with E-state index in [9.17, 15) is 0 Å².